The fraction of sp³-hybridized carbons (Fsp3) is 0.333. The first kappa shape index (κ1) is 15.4. The molecule has 1 nitrogen and oxygen atoms in total. The van der Waals surface area contributed by atoms with E-state index in [4.69, 9.17) is 11.6 Å². The summed E-state index contributed by atoms with van der Waals surface area (Å²) in [6.07, 6.45) is 0.898. The van der Waals surface area contributed by atoms with Gasteiger partial charge in [-0.1, -0.05) is 18.5 Å². The first-order valence-electron chi connectivity index (χ1n) is 6.46. The summed E-state index contributed by atoms with van der Waals surface area (Å²) in [6, 6.07) is 3.09. The molecule has 1 aromatic heterocycles. The van der Waals surface area contributed by atoms with E-state index in [0.717, 1.165) is 29.0 Å². The van der Waals surface area contributed by atoms with Crippen molar-refractivity contribution in [3.63, 3.8) is 0 Å². The predicted molar refractivity (Wildman–Crippen MR) is 80.6 cm³/mol. The Bertz CT molecular complexity index is 598. The summed E-state index contributed by atoms with van der Waals surface area (Å²) in [7, 11) is 0. The number of benzene rings is 1. The molecule has 0 bridgehead atoms. The molecule has 2 rings (SSSR count). The van der Waals surface area contributed by atoms with Crippen LogP contribution < -0.4 is 5.32 Å². The Labute approximate surface area is 126 Å². The first-order chi connectivity index (χ1) is 9.54. The molecule has 1 N–H and O–H groups in total. The van der Waals surface area contributed by atoms with Crippen LogP contribution in [-0.4, -0.2) is 6.54 Å². The summed E-state index contributed by atoms with van der Waals surface area (Å²) in [4.78, 5) is 0.821. The van der Waals surface area contributed by atoms with E-state index in [2.05, 4.69) is 5.32 Å². The number of nitrogens with one attached hydrogen (secondary N) is 1. The molecular weight excluding hydrogens is 300 g/mol. The lowest BCUT2D eigenvalue weighted by atomic mass is 10.0. The highest BCUT2D eigenvalue weighted by Gasteiger charge is 2.22. The lowest BCUT2D eigenvalue weighted by Crippen LogP contribution is -2.23. The van der Waals surface area contributed by atoms with Crippen LogP contribution in [0, 0.1) is 18.6 Å². The van der Waals surface area contributed by atoms with Crippen LogP contribution in [0.2, 0.25) is 5.02 Å². The van der Waals surface area contributed by atoms with Crippen LogP contribution in [0.5, 0.6) is 0 Å². The molecular formula is C15H16ClF2NS. The number of hydrogen-bond donors (Lipinski definition) is 1. The van der Waals surface area contributed by atoms with E-state index in [1.807, 2.05) is 19.2 Å². The summed E-state index contributed by atoms with van der Waals surface area (Å²) in [5, 5.41) is 5.79. The molecule has 0 aliphatic rings. The van der Waals surface area contributed by atoms with Gasteiger partial charge >= 0.3 is 0 Å². The molecule has 108 valence electrons. The molecule has 1 heterocycles. The van der Waals surface area contributed by atoms with E-state index < -0.39 is 17.7 Å². The van der Waals surface area contributed by atoms with Gasteiger partial charge in [0, 0.05) is 10.4 Å². The van der Waals surface area contributed by atoms with E-state index >= 15 is 0 Å². The van der Waals surface area contributed by atoms with Gasteiger partial charge in [0.05, 0.1) is 11.1 Å². The Morgan fingerprint density at radius 3 is 2.70 bits per heavy atom. The lowest BCUT2D eigenvalue weighted by Gasteiger charge is -2.19. The number of thiophene rings is 1. The van der Waals surface area contributed by atoms with Gasteiger partial charge in [-0.2, -0.15) is 0 Å². The molecule has 0 fully saturated rings. The molecule has 1 aromatic carbocycles. The molecule has 20 heavy (non-hydrogen) atoms. The van der Waals surface area contributed by atoms with Crippen molar-refractivity contribution >= 4 is 22.9 Å². The van der Waals surface area contributed by atoms with Crippen molar-refractivity contribution in [1.29, 1.82) is 0 Å². The Kier molecular flexibility index (Phi) is 5.13. The van der Waals surface area contributed by atoms with Crippen molar-refractivity contribution in [2.75, 3.05) is 6.54 Å². The standard InChI is InChI=1S/C15H16ClF2NS/c1-3-6-19-14(15-13(16)9(2)8-20-15)11-7-10(17)4-5-12(11)18/h4-5,7-8,14,19H,3,6H2,1-2H3. The minimum atomic E-state index is -0.450. The second-order valence-electron chi connectivity index (χ2n) is 4.65. The molecule has 1 atom stereocenters. The topological polar surface area (TPSA) is 12.0 Å². The van der Waals surface area contributed by atoms with Gasteiger partial charge in [-0.05, 0) is 49.0 Å². The normalized spacial score (nSPS) is 12.7. The van der Waals surface area contributed by atoms with Gasteiger partial charge in [-0.25, -0.2) is 8.78 Å². The van der Waals surface area contributed by atoms with E-state index in [0.29, 0.717) is 17.1 Å². The molecule has 2 aromatic rings. The highest BCUT2D eigenvalue weighted by Crippen LogP contribution is 2.36. The second kappa shape index (κ2) is 6.66. The van der Waals surface area contributed by atoms with Crippen LogP contribution >= 0.6 is 22.9 Å². The van der Waals surface area contributed by atoms with Gasteiger partial charge in [-0.15, -0.1) is 11.3 Å². The van der Waals surface area contributed by atoms with Crippen LogP contribution in [0.4, 0.5) is 8.78 Å². The zero-order chi connectivity index (χ0) is 14.7. The molecule has 0 radical (unpaired) electrons. The van der Waals surface area contributed by atoms with E-state index in [9.17, 15) is 8.78 Å². The predicted octanol–water partition coefficient (Wildman–Crippen LogP) is 5.08. The summed E-state index contributed by atoms with van der Waals surface area (Å²) in [6.45, 7) is 4.63. The molecule has 1 unspecified atom stereocenters. The number of hydrogen-bond acceptors (Lipinski definition) is 2. The minimum Gasteiger partial charge on any atom is -0.305 e. The largest absolute Gasteiger partial charge is 0.305 e. The van der Waals surface area contributed by atoms with Crippen molar-refractivity contribution in [2.45, 2.75) is 26.3 Å². The van der Waals surface area contributed by atoms with E-state index in [-0.39, 0.29) is 0 Å². The van der Waals surface area contributed by atoms with Crippen LogP contribution in [0.25, 0.3) is 0 Å². The summed E-state index contributed by atoms with van der Waals surface area (Å²) >= 11 is 7.74. The molecule has 0 amide bonds. The molecule has 0 aliphatic heterocycles. The number of rotatable bonds is 5. The van der Waals surface area contributed by atoms with Crippen molar-refractivity contribution in [2.24, 2.45) is 0 Å². The molecule has 0 spiro atoms. The fourth-order valence-corrected chi connectivity index (χ4v) is 3.41. The summed E-state index contributed by atoms with van der Waals surface area (Å²) in [5.74, 6) is -0.878. The average Bonchev–Trinajstić information content (AvgIpc) is 2.75. The fourth-order valence-electron chi connectivity index (χ4n) is 2.01. The summed E-state index contributed by atoms with van der Waals surface area (Å²) in [5.41, 5.74) is 1.24. The van der Waals surface area contributed by atoms with Crippen LogP contribution in [0.3, 0.4) is 0 Å². The van der Waals surface area contributed by atoms with Crippen LogP contribution in [-0.2, 0) is 0 Å². The third kappa shape index (κ3) is 3.19. The van der Waals surface area contributed by atoms with Crippen molar-refractivity contribution in [3.05, 3.63) is 56.2 Å². The number of halogens is 3. The zero-order valence-corrected chi connectivity index (χ0v) is 12.9. The van der Waals surface area contributed by atoms with Crippen molar-refractivity contribution in [1.82, 2.24) is 5.32 Å². The van der Waals surface area contributed by atoms with Gasteiger partial charge < -0.3 is 5.32 Å². The smallest absolute Gasteiger partial charge is 0.128 e. The summed E-state index contributed by atoms with van der Waals surface area (Å²) < 4.78 is 27.5. The monoisotopic (exact) mass is 315 g/mol. The Hall–Kier alpha value is -0.970. The SMILES string of the molecule is CCCNC(c1cc(F)ccc1F)c1scc(C)c1Cl. The zero-order valence-electron chi connectivity index (χ0n) is 11.3. The maximum Gasteiger partial charge on any atom is 0.128 e. The Morgan fingerprint density at radius 1 is 1.35 bits per heavy atom. The van der Waals surface area contributed by atoms with Crippen molar-refractivity contribution < 1.29 is 8.78 Å². The Balaban J connectivity index is 2.47. The van der Waals surface area contributed by atoms with E-state index in [1.54, 1.807) is 0 Å². The molecule has 5 heteroatoms. The maximum absolute atomic E-state index is 14.0. The molecule has 0 aliphatic carbocycles. The van der Waals surface area contributed by atoms with E-state index in [1.165, 1.54) is 17.4 Å². The van der Waals surface area contributed by atoms with Crippen LogP contribution in [0.15, 0.2) is 23.6 Å². The third-order valence-electron chi connectivity index (χ3n) is 3.05. The lowest BCUT2D eigenvalue weighted by molar-refractivity contribution is 0.539. The third-order valence-corrected chi connectivity index (χ3v) is 4.83. The van der Waals surface area contributed by atoms with Gasteiger partial charge in [-0.3, -0.25) is 0 Å². The van der Waals surface area contributed by atoms with Gasteiger partial charge in [0.15, 0.2) is 0 Å². The van der Waals surface area contributed by atoms with Crippen LogP contribution in [0.1, 0.15) is 35.4 Å². The van der Waals surface area contributed by atoms with Gasteiger partial charge in [0.25, 0.3) is 0 Å². The average molecular weight is 316 g/mol. The molecule has 0 saturated heterocycles. The van der Waals surface area contributed by atoms with Gasteiger partial charge in [0.2, 0.25) is 0 Å². The number of aryl methyl sites for hydroxylation is 1. The van der Waals surface area contributed by atoms with Gasteiger partial charge in [0.1, 0.15) is 11.6 Å². The Morgan fingerprint density at radius 2 is 2.10 bits per heavy atom. The van der Waals surface area contributed by atoms with Crippen molar-refractivity contribution in [3.8, 4) is 0 Å². The second-order valence-corrected chi connectivity index (χ2v) is 5.94. The maximum atomic E-state index is 14.0. The quantitative estimate of drug-likeness (QED) is 0.811. The molecule has 0 saturated carbocycles. The first-order valence-corrected chi connectivity index (χ1v) is 7.72. The highest BCUT2D eigenvalue weighted by atomic mass is 35.5. The minimum absolute atomic E-state index is 0.294. The highest BCUT2D eigenvalue weighted by molar-refractivity contribution is 7.10.